The van der Waals surface area contributed by atoms with Crippen LogP contribution in [0.15, 0.2) is 10.4 Å². The average molecular weight is 366 g/mol. The summed E-state index contributed by atoms with van der Waals surface area (Å²) in [5, 5.41) is 10.1. The summed E-state index contributed by atoms with van der Waals surface area (Å²) in [6.45, 7) is 15.0. The maximum atomic E-state index is 4.72. The minimum Gasteiger partial charge on any atom is -0.357 e. The molecule has 2 rings (SSSR count). The van der Waals surface area contributed by atoms with Crippen molar-refractivity contribution in [3.05, 3.63) is 16.1 Å². The third-order valence-corrected chi connectivity index (χ3v) is 5.53. The van der Waals surface area contributed by atoms with Crippen molar-refractivity contribution in [2.45, 2.75) is 59.4 Å². The highest BCUT2D eigenvalue weighted by Crippen LogP contribution is 2.18. The van der Waals surface area contributed by atoms with E-state index in [4.69, 9.17) is 4.99 Å². The molecule has 1 aliphatic rings. The fourth-order valence-electron chi connectivity index (χ4n) is 3.12. The largest absolute Gasteiger partial charge is 0.357 e. The van der Waals surface area contributed by atoms with Gasteiger partial charge in [-0.3, -0.25) is 0 Å². The van der Waals surface area contributed by atoms with Gasteiger partial charge in [0.1, 0.15) is 5.01 Å². The molecule has 0 atom stereocenters. The normalized spacial score (nSPS) is 17.2. The standard InChI is InChI=1S/C19H35N5S/c1-5-9-24-10-7-16(8-11-24)12-21-19(20-6-2)22-13-18-23-17(14-25-18)15(3)4/h14-16H,5-13H2,1-4H3,(H2,20,21,22). The fourth-order valence-corrected chi connectivity index (χ4v) is 4.00. The first-order valence-electron chi connectivity index (χ1n) is 9.81. The van der Waals surface area contributed by atoms with Gasteiger partial charge in [0.2, 0.25) is 0 Å². The van der Waals surface area contributed by atoms with Crippen LogP contribution < -0.4 is 10.6 Å². The van der Waals surface area contributed by atoms with E-state index in [9.17, 15) is 0 Å². The first kappa shape index (κ1) is 20.2. The molecule has 1 aromatic rings. The van der Waals surface area contributed by atoms with Gasteiger partial charge >= 0.3 is 0 Å². The molecule has 2 N–H and O–H groups in total. The van der Waals surface area contributed by atoms with Crippen molar-refractivity contribution < 1.29 is 0 Å². The summed E-state index contributed by atoms with van der Waals surface area (Å²) in [7, 11) is 0. The van der Waals surface area contributed by atoms with E-state index >= 15 is 0 Å². The van der Waals surface area contributed by atoms with Gasteiger partial charge in [0.25, 0.3) is 0 Å². The molecule has 142 valence electrons. The lowest BCUT2D eigenvalue weighted by molar-refractivity contribution is 0.185. The number of guanidine groups is 1. The van der Waals surface area contributed by atoms with E-state index in [2.05, 4.69) is 53.6 Å². The van der Waals surface area contributed by atoms with Crippen LogP contribution in [0.3, 0.4) is 0 Å². The molecule has 0 saturated carbocycles. The number of rotatable bonds is 8. The van der Waals surface area contributed by atoms with Gasteiger partial charge in [-0.25, -0.2) is 9.98 Å². The highest BCUT2D eigenvalue weighted by molar-refractivity contribution is 7.09. The van der Waals surface area contributed by atoms with Gasteiger partial charge in [-0.1, -0.05) is 20.8 Å². The van der Waals surface area contributed by atoms with Crippen LogP contribution in [0.25, 0.3) is 0 Å². The molecule has 0 radical (unpaired) electrons. The van der Waals surface area contributed by atoms with Crippen LogP contribution in [0.5, 0.6) is 0 Å². The molecule has 0 aliphatic carbocycles. The zero-order valence-electron chi connectivity index (χ0n) is 16.3. The molecule has 0 amide bonds. The van der Waals surface area contributed by atoms with E-state index in [1.54, 1.807) is 11.3 Å². The quantitative estimate of drug-likeness (QED) is 0.547. The van der Waals surface area contributed by atoms with E-state index < -0.39 is 0 Å². The van der Waals surface area contributed by atoms with E-state index in [0.717, 1.165) is 30.0 Å². The SMILES string of the molecule is CCCN1CCC(CNC(=NCc2nc(C(C)C)cs2)NCC)CC1. The molecule has 1 fully saturated rings. The van der Waals surface area contributed by atoms with E-state index in [1.165, 1.54) is 44.6 Å². The first-order valence-corrected chi connectivity index (χ1v) is 10.7. The number of hydrogen-bond acceptors (Lipinski definition) is 4. The maximum absolute atomic E-state index is 4.72. The number of thiazole rings is 1. The Bertz CT molecular complexity index is 518. The Kier molecular flexibility index (Phi) is 8.68. The van der Waals surface area contributed by atoms with Crippen LogP contribution in [0.1, 0.15) is 63.6 Å². The van der Waals surface area contributed by atoms with Gasteiger partial charge in [0, 0.05) is 18.5 Å². The minimum absolute atomic E-state index is 0.485. The highest BCUT2D eigenvalue weighted by Gasteiger charge is 2.18. The van der Waals surface area contributed by atoms with Crippen molar-refractivity contribution in [3.63, 3.8) is 0 Å². The molecule has 1 aromatic heterocycles. The summed E-state index contributed by atoms with van der Waals surface area (Å²) in [6, 6.07) is 0. The van der Waals surface area contributed by atoms with Gasteiger partial charge in [-0.15, -0.1) is 11.3 Å². The number of aliphatic imine (C=N–C) groups is 1. The molecule has 1 saturated heterocycles. The van der Waals surface area contributed by atoms with Crippen molar-refractivity contribution in [2.24, 2.45) is 10.9 Å². The second kappa shape index (κ2) is 10.8. The van der Waals surface area contributed by atoms with Gasteiger partial charge in [-0.2, -0.15) is 0 Å². The summed E-state index contributed by atoms with van der Waals surface area (Å²) in [5.74, 6) is 2.16. The zero-order chi connectivity index (χ0) is 18.1. The zero-order valence-corrected chi connectivity index (χ0v) is 17.2. The highest BCUT2D eigenvalue weighted by atomic mass is 32.1. The molecule has 0 spiro atoms. The van der Waals surface area contributed by atoms with Crippen molar-refractivity contribution in [1.29, 1.82) is 0 Å². The predicted molar refractivity (Wildman–Crippen MR) is 108 cm³/mol. The smallest absolute Gasteiger partial charge is 0.191 e. The van der Waals surface area contributed by atoms with E-state index in [1.807, 2.05) is 0 Å². The summed E-state index contributed by atoms with van der Waals surface area (Å²) in [4.78, 5) is 12.0. The topological polar surface area (TPSA) is 52.5 Å². The Labute approximate surface area is 157 Å². The second-order valence-corrected chi connectivity index (χ2v) is 8.12. The van der Waals surface area contributed by atoms with Crippen molar-refractivity contribution in [1.82, 2.24) is 20.5 Å². The molecule has 0 bridgehead atoms. The number of aromatic nitrogens is 1. The Hall–Kier alpha value is -1.14. The van der Waals surface area contributed by atoms with E-state index in [0.29, 0.717) is 12.5 Å². The van der Waals surface area contributed by atoms with Crippen LogP contribution >= 0.6 is 11.3 Å². The van der Waals surface area contributed by atoms with E-state index in [-0.39, 0.29) is 0 Å². The number of piperidine rings is 1. The van der Waals surface area contributed by atoms with Crippen molar-refractivity contribution in [2.75, 3.05) is 32.7 Å². The summed E-state index contributed by atoms with van der Waals surface area (Å²) >= 11 is 1.71. The van der Waals surface area contributed by atoms with Gasteiger partial charge < -0.3 is 15.5 Å². The third-order valence-electron chi connectivity index (χ3n) is 4.68. The van der Waals surface area contributed by atoms with Crippen LogP contribution in [-0.4, -0.2) is 48.6 Å². The minimum atomic E-state index is 0.485. The molecular formula is C19H35N5S. The number of nitrogens with one attached hydrogen (secondary N) is 2. The Morgan fingerprint density at radius 3 is 2.68 bits per heavy atom. The number of likely N-dealkylation sites (tertiary alicyclic amines) is 1. The number of nitrogens with zero attached hydrogens (tertiary/aromatic N) is 3. The third kappa shape index (κ3) is 6.94. The average Bonchev–Trinajstić information content (AvgIpc) is 3.08. The van der Waals surface area contributed by atoms with Crippen LogP contribution in [0, 0.1) is 5.92 Å². The first-order chi connectivity index (χ1) is 12.1. The van der Waals surface area contributed by atoms with Crippen LogP contribution in [-0.2, 0) is 6.54 Å². The number of hydrogen-bond donors (Lipinski definition) is 2. The monoisotopic (exact) mass is 365 g/mol. The van der Waals surface area contributed by atoms with Crippen molar-refractivity contribution >= 4 is 17.3 Å². The van der Waals surface area contributed by atoms with Crippen LogP contribution in [0.2, 0.25) is 0 Å². The molecular weight excluding hydrogens is 330 g/mol. The molecule has 6 heteroatoms. The van der Waals surface area contributed by atoms with Gasteiger partial charge in [0.05, 0.1) is 12.2 Å². The van der Waals surface area contributed by atoms with Crippen molar-refractivity contribution in [3.8, 4) is 0 Å². The molecule has 0 unspecified atom stereocenters. The lowest BCUT2D eigenvalue weighted by Gasteiger charge is -2.32. The Morgan fingerprint density at radius 2 is 2.08 bits per heavy atom. The molecule has 1 aliphatic heterocycles. The predicted octanol–water partition coefficient (Wildman–Crippen LogP) is 3.44. The molecule has 2 heterocycles. The molecule has 25 heavy (non-hydrogen) atoms. The lowest BCUT2D eigenvalue weighted by Crippen LogP contribution is -2.43. The second-order valence-electron chi connectivity index (χ2n) is 7.18. The Balaban J connectivity index is 1.79. The van der Waals surface area contributed by atoms with Gasteiger partial charge in [0.15, 0.2) is 5.96 Å². The summed E-state index contributed by atoms with van der Waals surface area (Å²) in [5.41, 5.74) is 1.17. The fraction of sp³-hybridized carbons (Fsp3) is 0.789. The Morgan fingerprint density at radius 1 is 1.32 bits per heavy atom. The maximum Gasteiger partial charge on any atom is 0.191 e. The summed E-state index contributed by atoms with van der Waals surface area (Å²) < 4.78 is 0. The lowest BCUT2D eigenvalue weighted by atomic mass is 9.97. The van der Waals surface area contributed by atoms with Crippen LogP contribution in [0.4, 0.5) is 0 Å². The van der Waals surface area contributed by atoms with Gasteiger partial charge in [-0.05, 0) is 57.7 Å². The molecule has 0 aromatic carbocycles. The summed E-state index contributed by atoms with van der Waals surface area (Å²) in [6.07, 6.45) is 3.84. The molecule has 5 nitrogen and oxygen atoms in total.